The van der Waals surface area contributed by atoms with E-state index in [1.165, 1.54) is 30.6 Å². The SMILES string of the molecule is CCCCCOc1ccc(N(C(C)=O)c2nc(C(=O)Nc3cccnc3)cs2)cc1C(F)(F)F. The monoisotopic (exact) mass is 492 g/mol. The maximum atomic E-state index is 13.7. The Bertz CT molecular complexity index is 1140. The molecule has 0 unspecified atom stereocenters. The molecule has 2 amide bonds. The van der Waals surface area contributed by atoms with Crippen molar-refractivity contribution in [1.29, 1.82) is 0 Å². The third-order valence-corrected chi connectivity index (χ3v) is 5.51. The van der Waals surface area contributed by atoms with Crippen LogP contribution in [0.4, 0.5) is 29.7 Å². The number of nitrogens with one attached hydrogen (secondary N) is 1. The molecule has 0 spiro atoms. The van der Waals surface area contributed by atoms with Gasteiger partial charge in [-0.05, 0) is 36.8 Å². The van der Waals surface area contributed by atoms with E-state index in [0.717, 1.165) is 35.1 Å². The molecule has 3 rings (SSSR count). The highest BCUT2D eigenvalue weighted by Gasteiger charge is 2.36. The number of anilines is 3. The summed E-state index contributed by atoms with van der Waals surface area (Å²) in [6, 6.07) is 6.71. The van der Waals surface area contributed by atoms with Gasteiger partial charge in [0.25, 0.3) is 5.91 Å². The quantitative estimate of drug-likeness (QED) is 0.367. The predicted octanol–water partition coefficient (Wildman–Crippen LogP) is 6.06. The second kappa shape index (κ2) is 11.1. The van der Waals surface area contributed by atoms with Crippen LogP contribution < -0.4 is 15.0 Å². The molecule has 2 aromatic heterocycles. The maximum Gasteiger partial charge on any atom is 0.420 e. The van der Waals surface area contributed by atoms with Crippen LogP contribution in [0, 0.1) is 0 Å². The number of unbranched alkanes of at least 4 members (excludes halogenated alkanes) is 2. The standard InChI is InChI=1S/C23H23F3N4O3S/c1-3-4-5-11-33-20-9-8-17(12-18(20)23(24,25)26)30(15(2)31)22-29-19(14-34-22)21(32)28-16-7-6-10-27-13-16/h6-10,12-14H,3-5,11H2,1-2H3,(H,28,32). The Balaban J connectivity index is 1.87. The van der Waals surface area contributed by atoms with Crippen LogP contribution >= 0.6 is 11.3 Å². The predicted molar refractivity (Wildman–Crippen MR) is 124 cm³/mol. The first kappa shape index (κ1) is 25.2. The zero-order chi connectivity index (χ0) is 24.7. The van der Waals surface area contributed by atoms with Gasteiger partial charge in [-0.25, -0.2) is 4.98 Å². The molecule has 1 N–H and O–H groups in total. The van der Waals surface area contributed by atoms with Crippen LogP contribution in [0.5, 0.6) is 5.75 Å². The van der Waals surface area contributed by atoms with Gasteiger partial charge in [0.15, 0.2) is 5.13 Å². The lowest BCUT2D eigenvalue weighted by atomic mass is 10.1. The van der Waals surface area contributed by atoms with Crippen molar-refractivity contribution in [3.05, 3.63) is 59.4 Å². The number of hydrogen-bond donors (Lipinski definition) is 1. The van der Waals surface area contributed by atoms with Crippen molar-refractivity contribution in [2.45, 2.75) is 39.3 Å². The molecule has 7 nitrogen and oxygen atoms in total. The Morgan fingerprint density at radius 3 is 2.65 bits per heavy atom. The van der Waals surface area contributed by atoms with Crippen LogP contribution in [0.2, 0.25) is 0 Å². The fourth-order valence-electron chi connectivity index (χ4n) is 3.07. The Hall–Kier alpha value is -3.47. The number of carbonyl (C=O) groups excluding carboxylic acids is 2. The van der Waals surface area contributed by atoms with Crippen molar-refractivity contribution < 1.29 is 27.5 Å². The van der Waals surface area contributed by atoms with Crippen LogP contribution in [0.15, 0.2) is 48.1 Å². The molecule has 0 radical (unpaired) electrons. The molecular formula is C23H23F3N4O3S. The van der Waals surface area contributed by atoms with Crippen molar-refractivity contribution in [3.8, 4) is 5.75 Å². The molecular weight excluding hydrogens is 469 g/mol. The lowest BCUT2D eigenvalue weighted by Gasteiger charge is -2.21. The van der Waals surface area contributed by atoms with Crippen LogP contribution in [0.3, 0.4) is 0 Å². The van der Waals surface area contributed by atoms with E-state index in [1.54, 1.807) is 18.3 Å². The Morgan fingerprint density at radius 1 is 1.21 bits per heavy atom. The third-order valence-electron chi connectivity index (χ3n) is 4.68. The number of ether oxygens (including phenoxy) is 1. The first-order chi connectivity index (χ1) is 16.2. The number of rotatable bonds is 9. The number of thiazole rings is 1. The summed E-state index contributed by atoms with van der Waals surface area (Å²) in [6.07, 6.45) is 0.723. The van der Waals surface area contributed by atoms with Crippen molar-refractivity contribution >= 4 is 39.7 Å². The Kier molecular flexibility index (Phi) is 8.21. The van der Waals surface area contributed by atoms with E-state index in [1.807, 2.05) is 6.92 Å². The van der Waals surface area contributed by atoms with E-state index in [4.69, 9.17) is 4.74 Å². The summed E-state index contributed by atoms with van der Waals surface area (Å²) >= 11 is 0.962. The summed E-state index contributed by atoms with van der Waals surface area (Å²) in [6.45, 7) is 3.35. The van der Waals surface area contributed by atoms with Gasteiger partial charge < -0.3 is 10.1 Å². The number of pyridine rings is 1. The second-order valence-electron chi connectivity index (χ2n) is 7.30. The highest BCUT2D eigenvalue weighted by molar-refractivity contribution is 7.14. The number of hydrogen-bond acceptors (Lipinski definition) is 6. The van der Waals surface area contributed by atoms with Crippen molar-refractivity contribution in [2.24, 2.45) is 0 Å². The number of halogens is 3. The van der Waals surface area contributed by atoms with Gasteiger partial charge in [-0.2, -0.15) is 13.2 Å². The summed E-state index contributed by atoms with van der Waals surface area (Å²) in [5, 5.41) is 4.11. The van der Waals surface area contributed by atoms with Crippen LogP contribution in [0.1, 0.15) is 49.2 Å². The zero-order valence-electron chi connectivity index (χ0n) is 18.6. The Labute approximate surface area is 198 Å². The fraction of sp³-hybridized carbons (Fsp3) is 0.304. The van der Waals surface area contributed by atoms with Gasteiger partial charge in [0.1, 0.15) is 11.4 Å². The lowest BCUT2D eigenvalue weighted by molar-refractivity contribution is -0.139. The van der Waals surface area contributed by atoms with Crippen molar-refractivity contribution in [2.75, 3.05) is 16.8 Å². The molecule has 0 atom stereocenters. The lowest BCUT2D eigenvalue weighted by Crippen LogP contribution is -2.24. The minimum absolute atomic E-state index is 0.0158. The van der Waals surface area contributed by atoms with Crippen molar-refractivity contribution in [3.63, 3.8) is 0 Å². The van der Waals surface area contributed by atoms with Gasteiger partial charge in [0.05, 0.1) is 29.7 Å². The summed E-state index contributed by atoms with van der Waals surface area (Å²) in [7, 11) is 0. The molecule has 180 valence electrons. The molecule has 0 saturated heterocycles. The first-order valence-electron chi connectivity index (χ1n) is 10.5. The number of nitrogens with zero attached hydrogens (tertiary/aromatic N) is 3. The van der Waals surface area contributed by atoms with Crippen molar-refractivity contribution in [1.82, 2.24) is 9.97 Å². The van der Waals surface area contributed by atoms with E-state index in [-0.39, 0.29) is 28.9 Å². The third kappa shape index (κ3) is 6.31. The summed E-state index contributed by atoms with van der Waals surface area (Å²) in [5.41, 5.74) is -0.551. The molecule has 11 heteroatoms. The largest absolute Gasteiger partial charge is 0.493 e. The molecule has 34 heavy (non-hydrogen) atoms. The van der Waals surface area contributed by atoms with E-state index in [9.17, 15) is 22.8 Å². The molecule has 0 aliphatic heterocycles. The summed E-state index contributed by atoms with van der Waals surface area (Å²) in [4.78, 5) is 33.9. The summed E-state index contributed by atoms with van der Waals surface area (Å²) < 4.78 is 46.6. The van der Waals surface area contributed by atoms with Gasteiger partial charge in [0, 0.05) is 18.5 Å². The minimum atomic E-state index is -4.68. The molecule has 0 saturated carbocycles. The van der Waals surface area contributed by atoms with Crippen LogP contribution in [-0.2, 0) is 11.0 Å². The highest BCUT2D eigenvalue weighted by Crippen LogP contribution is 2.40. The van der Waals surface area contributed by atoms with Crippen LogP contribution in [-0.4, -0.2) is 28.4 Å². The van der Waals surface area contributed by atoms with Gasteiger partial charge in [-0.15, -0.1) is 11.3 Å². The Morgan fingerprint density at radius 2 is 2.00 bits per heavy atom. The average molecular weight is 493 g/mol. The average Bonchev–Trinajstić information content (AvgIpc) is 3.27. The van der Waals surface area contributed by atoms with Gasteiger partial charge in [0.2, 0.25) is 5.91 Å². The molecule has 3 aromatic rings. The molecule has 0 fully saturated rings. The molecule has 0 bridgehead atoms. The normalized spacial score (nSPS) is 11.2. The number of carbonyl (C=O) groups is 2. The zero-order valence-corrected chi connectivity index (χ0v) is 19.4. The van der Waals surface area contributed by atoms with Crippen LogP contribution in [0.25, 0.3) is 0 Å². The fourth-order valence-corrected chi connectivity index (χ4v) is 3.94. The van der Waals surface area contributed by atoms with E-state index < -0.39 is 23.6 Å². The number of alkyl halides is 3. The van der Waals surface area contributed by atoms with Gasteiger partial charge in [-0.3, -0.25) is 19.5 Å². The number of benzene rings is 1. The molecule has 1 aromatic carbocycles. The first-order valence-corrected chi connectivity index (χ1v) is 11.4. The van der Waals surface area contributed by atoms with E-state index >= 15 is 0 Å². The number of aromatic nitrogens is 2. The minimum Gasteiger partial charge on any atom is -0.493 e. The maximum absolute atomic E-state index is 13.7. The van der Waals surface area contributed by atoms with Gasteiger partial charge in [-0.1, -0.05) is 19.8 Å². The highest BCUT2D eigenvalue weighted by atomic mass is 32.1. The summed E-state index contributed by atoms with van der Waals surface area (Å²) in [5.74, 6) is -1.39. The van der Waals surface area contributed by atoms with E-state index in [0.29, 0.717) is 12.1 Å². The molecule has 2 heterocycles. The second-order valence-corrected chi connectivity index (χ2v) is 8.14. The number of amides is 2. The van der Waals surface area contributed by atoms with E-state index in [2.05, 4.69) is 15.3 Å². The van der Waals surface area contributed by atoms with Gasteiger partial charge >= 0.3 is 6.18 Å². The molecule has 0 aliphatic rings. The topological polar surface area (TPSA) is 84.4 Å². The smallest absolute Gasteiger partial charge is 0.420 e. The molecule has 0 aliphatic carbocycles.